The summed E-state index contributed by atoms with van der Waals surface area (Å²) in [6.45, 7) is 0. The second kappa shape index (κ2) is 5.81. The molecule has 0 amide bonds. The summed E-state index contributed by atoms with van der Waals surface area (Å²) in [4.78, 5) is 0. The van der Waals surface area contributed by atoms with Gasteiger partial charge < -0.3 is 0 Å². The highest BCUT2D eigenvalue weighted by Gasteiger charge is 2.27. The number of halogens is 1. The molecule has 0 fully saturated rings. The molecule has 1 aliphatic rings. The average Bonchev–Trinajstić information content (AvgIpc) is 2.84. The van der Waals surface area contributed by atoms with Crippen LogP contribution in [-0.2, 0) is 29.2 Å². The molecule has 2 aromatic rings. The molecule has 7 heteroatoms. The third-order valence-electron chi connectivity index (χ3n) is 4.00. The summed E-state index contributed by atoms with van der Waals surface area (Å²) in [5, 5.41) is 4.20. The van der Waals surface area contributed by atoms with Crippen molar-refractivity contribution in [3.8, 4) is 0 Å². The van der Waals surface area contributed by atoms with E-state index in [-0.39, 0.29) is 17.4 Å². The van der Waals surface area contributed by atoms with Crippen LogP contribution in [0.3, 0.4) is 0 Å². The Morgan fingerprint density at radius 2 is 2.18 bits per heavy atom. The van der Waals surface area contributed by atoms with E-state index in [9.17, 15) is 12.8 Å². The van der Waals surface area contributed by atoms with Crippen molar-refractivity contribution in [1.29, 1.82) is 0 Å². The lowest BCUT2D eigenvalue weighted by Crippen LogP contribution is -2.32. The predicted octanol–water partition coefficient (Wildman–Crippen LogP) is 2.06. The number of aryl methyl sites for hydroxylation is 1. The number of hydrogen-bond donors (Lipinski definition) is 1. The second-order valence-corrected chi connectivity index (χ2v) is 7.34. The minimum Gasteiger partial charge on any atom is -0.272 e. The van der Waals surface area contributed by atoms with Gasteiger partial charge in [0, 0.05) is 23.9 Å². The van der Waals surface area contributed by atoms with Crippen molar-refractivity contribution in [3.05, 3.63) is 53.1 Å². The largest absolute Gasteiger partial charge is 0.272 e. The van der Waals surface area contributed by atoms with E-state index in [0.29, 0.717) is 0 Å². The van der Waals surface area contributed by atoms with Gasteiger partial charge in [0.1, 0.15) is 5.82 Å². The summed E-state index contributed by atoms with van der Waals surface area (Å²) in [6, 6.07) is 5.65. The molecule has 0 saturated heterocycles. The maximum Gasteiger partial charge on any atom is 0.216 e. The number of hydrogen-bond acceptors (Lipinski definition) is 3. The molecule has 3 rings (SSSR count). The summed E-state index contributed by atoms with van der Waals surface area (Å²) in [6.07, 6.45) is 4.25. The molecule has 0 bridgehead atoms. The molecule has 1 aromatic heterocycles. The molecule has 0 aliphatic heterocycles. The Bertz CT molecular complexity index is 786. The molecule has 1 atom stereocenters. The highest BCUT2D eigenvalue weighted by Crippen LogP contribution is 2.30. The van der Waals surface area contributed by atoms with Crippen molar-refractivity contribution in [2.24, 2.45) is 7.05 Å². The fourth-order valence-corrected chi connectivity index (χ4v) is 4.31. The van der Waals surface area contributed by atoms with E-state index in [0.717, 1.165) is 30.5 Å². The van der Waals surface area contributed by atoms with Crippen LogP contribution in [0.5, 0.6) is 0 Å². The van der Waals surface area contributed by atoms with Gasteiger partial charge in [-0.3, -0.25) is 4.68 Å². The molecule has 0 radical (unpaired) electrons. The first-order valence-corrected chi connectivity index (χ1v) is 8.86. The Kier molecular flexibility index (Phi) is 4.01. The van der Waals surface area contributed by atoms with Gasteiger partial charge in [-0.25, -0.2) is 17.5 Å². The molecule has 22 heavy (non-hydrogen) atoms. The Labute approximate surface area is 129 Å². The number of nitrogens with one attached hydrogen (secondary N) is 1. The fourth-order valence-electron chi connectivity index (χ4n) is 2.91. The van der Waals surface area contributed by atoms with E-state index < -0.39 is 15.8 Å². The van der Waals surface area contributed by atoms with Crippen LogP contribution in [0.1, 0.15) is 35.7 Å². The van der Waals surface area contributed by atoms with Crippen LogP contribution in [0.25, 0.3) is 0 Å². The number of sulfonamides is 1. The summed E-state index contributed by atoms with van der Waals surface area (Å²) in [5.41, 5.74) is 2.16. The van der Waals surface area contributed by atoms with Gasteiger partial charge in [-0.1, -0.05) is 18.2 Å². The van der Waals surface area contributed by atoms with Crippen LogP contribution in [0.2, 0.25) is 0 Å². The van der Waals surface area contributed by atoms with Gasteiger partial charge in [-0.05, 0) is 25.3 Å². The van der Waals surface area contributed by atoms with Gasteiger partial charge in [0.15, 0.2) is 0 Å². The summed E-state index contributed by atoms with van der Waals surface area (Å²) in [7, 11) is -1.76. The molecule has 5 nitrogen and oxygen atoms in total. The SMILES string of the molecule is Cn1ncc2c1CCC[C@H]2NS(=O)(=O)Cc1ccccc1F. The van der Waals surface area contributed by atoms with Crippen molar-refractivity contribution in [3.63, 3.8) is 0 Å². The Balaban J connectivity index is 1.80. The molecule has 118 valence electrons. The van der Waals surface area contributed by atoms with E-state index in [1.807, 2.05) is 7.05 Å². The van der Waals surface area contributed by atoms with Crippen molar-refractivity contribution in [2.75, 3.05) is 0 Å². The van der Waals surface area contributed by atoms with Crippen LogP contribution in [-0.4, -0.2) is 18.2 Å². The van der Waals surface area contributed by atoms with Crippen LogP contribution in [0.15, 0.2) is 30.5 Å². The van der Waals surface area contributed by atoms with Crippen molar-refractivity contribution in [2.45, 2.75) is 31.1 Å². The monoisotopic (exact) mass is 323 g/mol. The van der Waals surface area contributed by atoms with Crippen LogP contribution >= 0.6 is 0 Å². The maximum absolute atomic E-state index is 13.6. The smallest absolute Gasteiger partial charge is 0.216 e. The van der Waals surface area contributed by atoms with Gasteiger partial charge in [0.05, 0.1) is 18.0 Å². The van der Waals surface area contributed by atoms with E-state index in [2.05, 4.69) is 9.82 Å². The lowest BCUT2D eigenvalue weighted by atomic mass is 9.94. The van der Waals surface area contributed by atoms with Crippen LogP contribution in [0, 0.1) is 5.82 Å². The topological polar surface area (TPSA) is 64.0 Å². The zero-order chi connectivity index (χ0) is 15.7. The highest BCUT2D eigenvalue weighted by atomic mass is 32.2. The Morgan fingerprint density at radius 3 is 2.95 bits per heavy atom. The first-order chi connectivity index (χ1) is 10.5. The minimum atomic E-state index is -3.62. The third-order valence-corrected chi connectivity index (χ3v) is 5.34. The predicted molar refractivity (Wildman–Crippen MR) is 81.0 cm³/mol. The Hall–Kier alpha value is -1.73. The molecule has 1 aromatic carbocycles. The van der Waals surface area contributed by atoms with Gasteiger partial charge in [0.2, 0.25) is 10.0 Å². The molecule has 0 unspecified atom stereocenters. The van der Waals surface area contributed by atoms with Crippen LogP contribution < -0.4 is 4.72 Å². The molecule has 0 saturated carbocycles. The number of nitrogens with zero attached hydrogens (tertiary/aromatic N) is 2. The van der Waals surface area contributed by atoms with Crippen LogP contribution in [0.4, 0.5) is 4.39 Å². The lowest BCUT2D eigenvalue weighted by molar-refractivity contribution is 0.497. The first kappa shape index (κ1) is 15.2. The maximum atomic E-state index is 13.6. The third kappa shape index (κ3) is 3.05. The minimum absolute atomic E-state index is 0.178. The molecule has 1 N–H and O–H groups in total. The zero-order valence-corrected chi connectivity index (χ0v) is 13.1. The number of rotatable bonds is 4. The van der Waals surface area contributed by atoms with Gasteiger partial charge in [-0.2, -0.15) is 5.10 Å². The second-order valence-electron chi connectivity index (χ2n) is 5.58. The standard InChI is InChI=1S/C15H18FN3O2S/c1-19-15-8-4-7-14(12(15)9-17-19)18-22(20,21)10-11-5-2-3-6-13(11)16/h2-3,5-6,9,14,18H,4,7-8,10H2,1H3/t14-/m1/s1. The fraction of sp³-hybridized carbons (Fsp3) is 0.400. The molecular formula is C15H18FN3O2S. The highest BCUT2D eigenvalue weighted by molar-refractivity contribution is 7.88. The summed E-state index contributed by atoms with van der Waals surface area (Å²) in [5.74, 6) is -0.857. The molecule has 1 heterocycles. The summed E-state index contributed by atoms with van der Waals surface area (Å²) < 4.78 is 42.8. The lowest BCUT2D eigenvalue weighted by Gasteiger charge is -2.23. The van der Waals surface area contributed by atoms with Crippen molar-refractivity contribution < 1.29 is 12.8 Å². The molecule has 0 spiro atoms. The van der Waals surface area contributed by atoms with Crippen molar-refractivity contribution >= 4 is 10.0 Å². The molecular weight excluding hydrogens is 305 g/mol. The Morgan fingerprint density at radius 1 is 1.41 bits per heavy atom. The quantitative estimate of drug-likeness (QED) is 0.937. The van der Waals surface area contributed by atoms with Crippen molar-refractivity contribution in [1.82, 2.24) is 14.5 Å². The van der Waals surface area contributed by atoms with E-state index in [4.69, 9.17) is 0 Å². The number of fused-ring (bicyclic) bond motifs is 1. The van der Waals surface area contributed by atoms with E-state index >= 15 is 0 Å². The number of aromatic nitrogens is 2. The van der Waals surface area contributed by atoms with Gasteiger partial charge in [-0.15, -0.1) is 0 Å². The van der Waals surface area contributed by atoms with Gasteiger partial charge >= 0.3 is 0 Å². The normalized spacial score (nSPS) is 18.2. The summed E-state index contributed by atoms with van der Waals surface area (Å²) >= 11 is 0. The van der Waals surface area contributed by atoms with Gasteiger partial charge in [0.25, 0.3) is 0 Å². The number of benzene rings is 1. The van der Waals surface area contributed by atoms with E-state index in [1.165, 1.54) is 12.1 Å². The molecule has 1 aliphatic carbocycles. The van der Waals surface area contributed by atoms with E-state index in [1.54, 1.807) is 23.0 Å². The first-order valence-electron chi connectivity index (χ1n) is 7.20. The average molecular weight is 323 g/mol. The zero-order valence-electron chi connectivity index (χ0n) is 12.3.